The zero-order chi connectivity index (χ0) is 21.6. The van der Waals surface area contributed by atoms with Crippen LogP contribution in [0.1, 0.15) is 19.4 Å². The molecule has 0 bridgehead atoms. The molecule has 4 aromatic rings. The summed E-state index contributed by atoms with van der Waals surface area (Å²) in [5.41, 5.74) is 7.12. The highest BCUT2D eigenvalue weighted by Gasteiger charge is 2.30. The van der Waals surface area contributed by atoms with Crippen LogP contribution in [-0.2, 0) is 17.2 Å². The van der Waals surface area contributed by atoms with Gasteiger partial charge in [0, 0.05) is 34.3 Å². The fourth-order valence-electron chi connectivity index (χ4n) is 4.32. The van der Waals surface area contributed by atoms with E-state index in [1.165, 1.54) is 12.1 Å². The maximum Gasteiger partial charge on any atom is 0.123 e. The Hall–Kier alpha value is -3.05. The number of hydrogen-bond acceptors (Lipinski definition) is 2. The molecular weight excluding hydrogens is 407 g/mol. The molecular formula is C26H23FN2OS. The van der Waals surface area contributed by atoms with Crippen molar-refractivity contribution >= 4 is 10.8 Å². The summed E-state index contributed by atoms with van der Waals surface area (Å²) in [5, 5.41) is 0. The molecule has 1 unspecified atom stereocenters. The smallest absolute Gasteiger partial charge is 0.123 e. The predicted octanol–water partition coefficient (Wildman–Crippen LogP) is 6.24. The third-order valence-electron chi connectivity index (χ3n) is 5.75. The van der Waals surface area contributed by atoms with Gasteiger partial charge in [-0.05, 0) is 88.7 Å². The van der Waals surface area contributed by atoms with Crippen molar-refractivity contribution in [1.82, 2.24) is 9.97 Å². The fourth-order valence-corrected chi connectivity index (χ4v) is 5.93. The number of nitrogens with zero attached hydrogens (tertiary/aromatic N) is 1. The van der Waals surface area contributed by atoms with Crippen LogP contribution in [0.5, 0.6) is 0 Å². The van der Waals surface area contributed by atoms with Gasteiger partial charge in [-0.15, -0.1) is 0 Å². The second-order valence-electron chi connectivity index (χ2n) is 8.87. The van der Waals surface area contributed by atoms with E-state index in [1.54, 1.807) is 24.5 Å². The highest BCUT2D eigenvalue weighted by molar-refractivity contribution is 7.85. The number of aromatic amines is 1. The summed E-state index contributed by atoms with van der Waals surface area (Å²) < 4.78 is 26.2. The van der Waals surface area contributed by atoms with Gasteiger partial charge in [0.05, 0.1) is 16.5 Å². The molecule has 0 saturated carbocycles. The van der Waals surface area contributed by atoms with Crippen LogP contribution in [0.2, 0.25) is 0 Å². The molecule has 5 rings (SSSR count). The van der Waals surface area contributed by atoms with Gasteiger partial charge in [-0.1, -0.05) is 19.9 Å². The van der Waals surface area contributed by atoms with Crippen molar-refractivity contribution in [2.75, 3.05) is 5.75 Å². The number of pyridine rings is 1. The fraction of sp³-hybridized carbons (Fsp3) is 0.192. The van der Waals surface area contributed by atoms with Crippen molar-refractivity contribution < 1.29 is 8.60 Å². The maximum atomic E-state index is 13.5. The number of aromatic nitrogens is 2. The largest absolute Gasteiger partial charge is 0.354 e. The van der Waals surface area contributed by atoms with Crippen molar-refractivity contribution in [1.29, 1.82) is 0 Å². The standard InChI is InChI=1S/C26H23FN2OS/c1-26(2)15-20-13-19(5-8-24(20)31(30)16-26)23-14-22(17-9-11-28-12-10-17)25(29-23)18-3-6-21(27)7-4-18/h3-14,29H,15-16H2,1-2H3. The topological polar surface area (TPSA) is 45.8 Å². The molecule has 31 heavy (non-hydrogen) atoms. The Labute approximate surface area is 183 Å². The minimum atomic E-state index is -0.963. The maximum absolute atomic E-state index is 13.5. The van der Waals surface area contributed by atoms with Crippen molar-refractivity contribution in [2.45, 2.75) is 25.2 Å². The van der Waals surface area contributed by atoms with Gasteiger partial charge < -0.3 is 4.98 Å². The summed E-state index contributed by atoms with van der Waals surface area (Å²) in [5.74, 6) is 0.439. The average Bonchev–Trinajstić information content (AvgIpc) is 3.19. The number of fused-ring (bicyclic) bond motifs is 1. The first-order chi connectivity index (χ1) is 14.9. The average molecular weight is 431 g/mol. The van der Waals surface area contributed by atoms with Crippen LogP contribution in [0.25, 0.3) is 33.6 Å². The molecule has 0 radical (unpaired) electrons. The summed E-state index contributed by atoms with van der Waals surface area (Å²) in [6.45, 7) is 4.34. The van der Waals surface area contributed by atoms with Crippen LogP contribution < -0.4 is 0 Å². The van der Waals surface area contributed by atoms with E-state index >= 15 is 0 Å². The summed E-state index contributed by atoms with van der Waals surface area (Å²) in [4.78, 5) is 8.63. The van der Waals surface area contributed by atoms with Crippen molar-refractivity contribution in [2.24, 2.45) is 5.41 Å². The van der Waals surface area contributed by atoms with Gasteiger partial charge >= 0.3 is 0 Å². The first-order valence-electron chi connectivity index (χ1n) is 10.3. The number of H-pyrrole nitrogens is 1. The number of rotatable bonds is 3. The number of hydrogen-bond donors (Lipinski definition) is 1. The lowest BCUT2D eigenvalue weighted by molar-refractivity contribution is 0.405. The Morgan fingerprint density at radius 1 is 0.935 bits per heavy atom. The van der Waals surface area contributed by atoms with Crippen molar-refractivity contribution in [3.8, 4) is 33.6 Å². The van der Waals surface area contributed by atoms with E-state index in [0.29, 0.717) is 5.75 Å². The predicted molar refractivity (Wildman–Crippen MR) is 124 cm³/mol. The Morgan fingerprint density at radius 2 is 1.65 bits per heavy atom. The molecule has 1 atom stereocenters. The monoisotopic (exact) mass is 430 g/mol. The van der Waals surface area contributed by atoms with Gasteiger partial charge in [0.1, 0.15) is 5.82 Å². The van der Waals surface area contributed by atoms with Crippen LogP contribution in [0.15, 0.2) is 78.0 Å². The molecule has 2 aromatic heterocycles. The Bertz CT molecular complexity index is 1280. The van der Waals surface area contributed by atoms with E-state index in [9.17, 15) is 8.60 Å². The zero-order valence-corrected chi connectivity index (χ0v) is 18.3. The van der Waals surface area contributed by atoms with Gasteiger partial charge in [0.25, 0.3) is 0 Å². The van der Waals surface area contributed by atoms with Gasteiger partial charge in [-0.25, -0.2) is 4.39 Å². The summed E-state index contributed by atoms with van der Waals surface area (Å²) in [7, 11) is -0.963. The molecule has 0 amide bonds. The first-order valence-corrected chi connectivity index (χ1v) is 11.6. The van der Waals surface area contributed by atoms with E-state index in [1.807, 2.05) is 24.3 Å². The quantitative estimate of drug-likeness (QED) is 0.418. The molecule has 3 heterocycles. The number of nitrogens with one attached hydrogen (secondary N) is 1. The molecule has 156 valence electrons. The normalized spacial score (nSPS) is 17.3. The molecule has 5 heteroatoms. The first kappa shape index (κ1) is 19.9. The molecule has 0 aliphatic carbocycles. The van der Waals surface area contributed by atoms with Gasteiger partial charge in [0.15, 0.2) is 0 Å². The van der Waals surface area contributed by atoms with Crippen molar-refractivity contribution in [3.05, 3.63) is 84.4 Å². The van der Waals surface area contributed by atoms with Crippen LogP contribution in [-0.4, -0.2) is 19.9 Å². The molecule has 0 saturated heterocycles. The van der Waals surface area contributed by atoms with Crippen LogP contribution in [0.4, 0.5) is 4.39 Å². The highest BCUT2D eigenvalue weighted by Crippen LogP contribution is 2.39. The lowest BCUT2D eigenvalue weighted by atomic mass is 9.86. The lowest BCUT2D eigenvalue weighted by Gasteiger charge is -2.30. The zero-order valence-electron chi connectivity index (χ0n) is 17.5. The number of benzene rings is 2. The van der Waals surface area contributed by atoms with E-state index in [0.717, 1.165) is 50.5 Å². The Kier molecular flexibility index (Phi) is 4.86. The molecule has 1 N–H and O–H groups in total. The lowest BCUT2D eigenvalue weighted by Crippen LogP contribution is -2.28. The van der Waals surface area contributed by atoms with Gasteiger partial charge in [0.2, 0.25) is 0 Å². The molecule has 3 nitrogen and oxygen atoms in total. The van der Waals surface area contributed by atoms with E-state index in [-0.39, 0.29) is 11.2 Å². The molecule has 0 fully saturated rings. The molecule has 1 aliphatic heterocycles. The minimum absolute atomic E-state index is 0.0215. The summed E-state index contributed by atoms with van der Waals surface area (Å²) in [6.07, 6.45) is 4.45. The van der Waals surface area contributed by atoms with E-state index in [2.05, 4.69) is 35.9 Å². The number of halogens is 1. The van der Waals surface area contributed by atoms with E-state index in [4.69, 9.17) is 0 Å². The third kappa shape index (κ3) is 3.86. The minimum Gasteiger partial charge on any atom is -0.354 e. The van der Waals surface area contributed by atoms with Gasteiger partial charge in [-0.2, -0.15) is 0 Å². The van der Waals surface area contributed by atoms with Crippen LogP contribution >= 0.6 is 0 Å². The summed E-state index contributed by atoms with van der Waals surface area (Å²) >= 11 is 0. The highest BCUT2D eigenvalue weighted by atomic mass is 32.2. The molecule has 2 aromatic carbocycles. The second kappa shape index (κ2) is 7.57. The second-order valence-corrected chi connectivity index (χ2v) is 10.3. The molecule has 1 aliphatic rings. The van der Waals surface area contributed by atoms with Crippen LogP contribution in [0.3, 0.4) is 0 Å². The van der Waals surface area contributed by atoms with Crippen LogP contribution in [0, 0.1) is 11.2 Å². The van der Waals surface area contributed by atoms with E-state index < -0.39 is 10.8 Å². The SMILES string of the molecule is CC1(C)Cc2cc(-c3cc(-c4ccncc4)c(-c4ccc(F)cc4)[nH]3)ccc2S(=O)C1. The Balaban J connectivity index is 1.64. The Morgan fingerprint density at radius 3 is 2.39 bits per heavy atom. The summed E-state index contributed by atoms with van der Waals surface area (Å²) in [6, 6.07) is 18.8. The van der Waals surface area contributed by atoms with Gasteiger partial charge in [-0.3, -0.25) is 9.19 Å². The third-order valence-corrected chi connectivity index (χ3v) is 7.68. The van der Waals surface area contributed by atoms with Crippen molar-refractivity contribution in [3.63, 3.8) is 0 Å². The molecule has 0 spiro atoms.